The molecular weight excluding hydrogens is 504 g/mol. The van der Waals surface area contributed by atoms with E-state index in [1.165, 1.54) is 34.9 Å². The molecule has 1 fully saturated rings. The van der Waals surface area contributed by atoms with Crippen molar-refractivity contribution in [2.75, 3.05) is 12.9 Å². The second-order valence-corrected chi connectivity index (χ2v) is 10.4. The summed E-state index contributed by atoms with van der Waals surface area (Å²) in [6.45, 7) is 2.92. The molecule has 3 atom stereocenters. The first-order chi connectivity index (χ1) is 17.3. The van der Waals surface area contributed by atoms with E-state index in [1.807, 2.05) is 17.5 Å². The SMILES string of the molecule is COc1ccc(COC(=O)C2=C(C(C)OC(C)=O)CS[C@@H]3C(NC(=O)Cc4cccs4)C(=O)N23)cc1. The second kappa shape index (κ2) is 11.2. The number of rotatable bonds is 9. The number of thioether (sulfide) groups is 1. The van der Waals surface area contributed by atoms with Crippen LogP contribution in [0.2, 0.25) is 0 Å². The lowest BCUT2D eigenvalue weighted by molar-refractivity contribution is -0.154. The Morgan fingerprint density at radius 3 is 2.58 bits per heavy atom. The first kappa shape index (κ1) is 25.8. The van der Waals surface area contributed by atoms with Crippen LogP contribution in [-0.2, 0) is 41.7 Å². The zero-order valence-corrected chi connectivity index (χ0v) is 21.6. The van der Waals surface area contributed by atoms with Crippen LogP contribution in [0, 0.1) is 0 Å². The Labute approximate surface area is 216 Å². The van der Waals surface area contributed by atoms with Gasteiger partial charge in [0.2, 0.25) is 5.91 Å². The molecule has 1 saturated heterocycles. The maximum Gasteiger partial charge on any atom is 0.355 e. The van der Waals surface area contributed by atoms with E-state index in [-0.39, 0.29) is 24.6 Å². The van der Waals surface area contributed by atoms with Crippen molar-refractivity contribution in [3.8, 4) is 5.75 Å². The molecule has 36 heavy (non-hydrogen) atoms. The highest BCUT2D eigenvalue weighted by molar-refractivity contribution is 8.00. The summed E-state index contributed by atoms with van der Waals surface area (Å²) >= 11 is 2.87. The highest BCUT2D eigenvalue weighted by Crippen LogP contribution is 2.42. The Bertz CT molecular complexity index is 1180. The van der Waals surface area contributed by atoms with Crippen molar-refractivity contribution in [1.82, 2.24) is 10.2 Å². The third-order valence-corrected chi connectivity index (χ3v) is 7.96. The molecule has 2 aliphatic heterocycles. The van der Waals surface area contributed by atoms with Gasteiger partial charge in [-0.05, 0) is 36.1 Å². The smallest absolute Gasteiger partial charge is 0.355 e. The minimum Gasteiger partial charge on any atom is -0.497 e. The monoisotopic (exact) mass is 530 g/mol. The van der Waals surface area contributed by atoms with Crippen LogP contribution in [0.25, 0.3) is 0 Å². The lowest BCUT2D eigenvalue weighted by Gasteiger charge is -2.50. The van der Waals surface area contributed by atoms with Crippen LogP contribution in [-0.4, -0.2) is 59.0 Å². The van der Waals surface area contributed by atoms with Crippen LogP contribution < -0.4 is 10.1 Å². The Kier molecular flexibility index (Phi) is 8.00. The van der Waals surface area contributed by atoms with Gasteiger partial charge < -0.3 is 19.5 Å². The van der Waals surface area contributed by atoms with E-state index >= 15 is 0 Å². The maximum absolute atomic E-state index is 13.2. The number of carbonyl (C=O) groups excluding carboxylic acids is 4. The Balaban J connectivity index is 1.50. The molecule has 1 aromatic carbocycles. The standard InChI is InChI=1S/C25H26N2O7S2/c1-14(34-15(2)28)19-13-36-24-21(26-20(29)11-18-5-4-10-35-18)23(30)27(24)22(19)25(31)33-12-16-6-8-17(32-3)9-7-16/h4-10,14,21,24H,11-13H2,1-3H3,(H,26,29)/t14?,21?,24-/m1/s1. The fourth-order valence-electron chi connectivity index (χ4n) is 4.00. The molecule has 2 aliphatic rings. The quantitative estimate of drug-likeness (QED) is 0.389. The second-order valence-electron chi connectivity index (χ2n) is 8.26. The van der Waals surface area contributed by atoms with E-state index in [0.717, 1.165) is 10.4 Å². The van der Waals surface area contributed by atoms with Crippen LogP contribution in [0.3, 0.4) is 0 Å². The van der Waals surface area contributed by atoms with E-state index in [1.54, 1.807) is 38.3 Å². The Hall–Kier alpha value is -3.31. The summed E-state index contributed by atoms with van der Waals surface area (Å²) in [6.07, 6.45) is -0.542. The summed E-state index contributed by atoms with van der Waals surface area (Å²) < 4.78 is 16.0. The third kappa shape index (κ3) is 5.57. The molecule has 0 bridgehead atoms. The molecular formula is C25H26N2O7S2. The lowest BCUT2D eigenvalue weighted by atomic mass is 10.0. The van der Waals surface area contributed by atoms with Gasteiger partial charge in [-0.3, -0.25) is 19.3 Å². The van der Waals surface area contributed by atoms with Gasteiger partial charge in [-0.25, -0.2) is 4.79 Å². The van der Waals surface area contributed by atoms with Gasteiger partial charge in [-0.15, -0.1) is 23.1 Å². The molecule has 0 radical (unpaired) electrons. The molecule has 2 amide bonds. The van der Waals surface area contributed by atoms with Crippen molar-refractivity contribution in [3.63, 3.8) is 0 Å². The number of amides is 2. The molecule has 9 nitrogen and oxygen atoms in total. The number of esters is 2. The van der Waals surface area contributed by atoms with Gasteiger partial charge in [-0.1, -0.05) is 18.2 Å². The van der Waals surface area contributed by atoms with Crippen LogP contribution >= 0.6 is 23.1 Å². The number of hydrogen-bond acceptors (Lipinski definition) is 9. The minimum atomic E-state index is -0.752. The van der Waals surface area contributed by atoms with Gasteiger partial charge in [0.15, 0.2) is 0 Å². The van der Waals surface area contributed by atoms with Gasteiger partial charge in [0.25, 0.3) is 5.91 Å². The highest BCUT2D eigenvalue weighted by Gasteiger charge is 2.55. The van der Waals surface area contributed by atoms with Crippen molar-refractivity contribution in [2.24, 2.45) is 0 Å². The largest absolute Gasteiger partial charge is 0.497 e. The number of β-lactam (4-membered cyclic amide) rings is 1. The van der Waals surface area contributed by atoms with Crippen molar-refractivity contribution < 1.29 is 33.4 Å². The number of thiophene rings is 1. The summed E-state index contributed by atoms with van der Waals surface area (Å²) in [7, 11) is 1.56. The van der Waals surface area contributed by atoms with Gasteiger partial charge in [-0.2, -0.15) is 0 Å². The van der Waals surface area contributed by atoms with E-state index in [2.05, 4.69) is 5.32 Å². The number of ether oxygens (including phenoxy) is 3. The molecule has 1 N–H and O–H groups in total. The third-order valence-electron chi connectivity index (χ3n) is 5.78. The topological polar surface area (TPSA) is 111 Å². The summed E-state index contributed by atoms with van der Waals surface area (Å²) in [5.41, 5.74) is 1.30. The van der Waals surface area contributed by atoms with Crippen LogP contribution in [0.4, 0.5) is 0 Å². The molecule has 3 heterocycles. The van der Waals surface area contributed by atoms with Gasteiger partial charge >= 0.3 is 11.9 Å². The fourth-order valence-corrected chi connectivity index (χ4v) is 6.16. The van der Waals surface area contributed by atoms with Crippen LogP contribution in [0.15, 0.2) is 53.0 Å². The predicted octanol–water partition coefficient (Wildman–Crippen LogP) is 2.65. The molecule has 11 heteroatoms. The molecule has 190 valence electrons. The molecule has 2 aromatic rings. The van der Waals surface area contributed by atoms with E-state index in [0.29, 0.717) is 17.1 Å². The number of methoxy groups -OCH3 is 1. The first-order valence-corrected chi connectivity index (χ1v) is 13.2. The normalized spacial score (nSPS) is 19.6. The first-order valence-electron chi connectivity index (χ1n) is 11.2. The molecule has 0 saturated carbocycles. The van der Waals surface area contributed by atoms with Crippen molar-refractivity contribution in [3.05, 3.63) is 63.5 Å². The Morgan fingerprint density at radius 2 is 1.94 bits per heavy atom. The number of hydrogen-bond donors (Lipinski definition) is 1. The summed E-state index contributed by atoms with van der Waals surface area (Å²) in [5, 5.41) is 4.22. The van der Waals surface area contributed by atoms with Crippen molar-refractivity contribution in [1.29, 1.82) is 0 Å². The van der Waals surface area contributed by atoms with E-state index in [9.17, 15) is 19.2 Å². The lowest BCUT2D eigenvalue weighted by Crippen LogP contribution is -2.71. The number of benzene rings is 1. The van der Waals surface area contributed by atoms with Gasteiger partial charge in [0.05, 0.1) is 13.5 Å². The molecule has 4 rings (SSSR count). The number of carbonyl (C=O) groups is 4. The summed E-state index contributed by atoms with van der Waals surface area (Å²) in [4.78, 5) is 52.6. The maximum atomic E-state index is 13.2. The molecule has 2 unspecified atom stereocenters. The molecule has 0 aliphatic carbocycles. The zero-order chi connectivity index (χ0) is 25.8. The highest BCUT2D eigenvalue weighted by atomic mass is 32.2. The molecule has 0 spiro atoms. The van der Waals surface area contributed by atoms with E-state index < -0.39 is 35.4 Å². The minimum absolute atomic E-state index is 0.0115. The Morgan fingerprint density at radius 1 is 1.19 bits per heavy atom. The van der Waals surface area contributed by atoms with Crippen LogP contribution in [0.1, 0.15) is 24.3 Å². The van der Waals surface area contributed by atoms with E-state index in [4.69, 9.17) is 14.2 Å². The average Bonchev–Trinajstić information content (AvgIpc) is 3.37. The number of fused-ring (bicyclic) bond motifs is 1. The zero-order valence-electron chi connectivity index (χ0n) is 20.0. The summed E-state index contributed by atoms with van der Waals surface area (Å²) in [6, 6.07) is 10.0. The van der Waals surface area contributed by atoms with Gasteiger partial charge in [0, 0.05) is 23.1 Å². The molecule has 1 aromatic heterocycles. The predicted molar refractivity (Wildman–Crippen MR) is 134 cm³/mol. The average molecular weight is 531 g/mol. The summed E-state index contributed by atoms with van der Waals surface area (Å²) in [5.74, 6) is -0.842. The van der Waals surface area contributed by atoms with Gasteiger partial charge in [0.1, 0.15) is 35.6 Å². The van der Waals surface area contributed by atoms with Crippen molar-refractivity contribution in [2.45, 2.75) is 44.4 Å². The number of nitrogens with one attached hydrogen (secondary N) is 1. The van der Waals surface area contributed by atoms with Crippen LogP contribution in [0.5, 0.6) is 5.75 Å². The van der Waals surface area contributed by atoms with Crippen molar-refractivity contribution >= 4 is 46.9 Å². The number of nitrogens with zero attached hydrogens (tertiary/aromatic N) is 1. The fraction of sp³-hybridized carbons (Fsp3) is 0.360.